The molecular weight excluding hydrogens is 256 g/mol. The molecule has 0 radical (unpaired) electrons. The van der Waals surface area contributed by atoms with E-state index in [1.165, 1.54) is 6.42 Å². The van der Waals surface area contributed by atoms with Crippen molar-refractivity contribution in [1.29, 1.82) is 0 Å². The van der Waals surface area contributed by atoms with Crippen LogP contribution in [0, 0.1) is 0 Å². The maximum Gasteiger partial charge on any atom is 0.229 e. The summed E-state index contributed by atoms with van der Waals surface area (Å²) in [5.74, 6) is -0.157. The molecule has 0 heterocycles. The lowest BCUT2D eigenvalue weighted by molar-refractivity contribution is -0.123. The third-order valence-corrected chi connectivity index (χ3v) is 4.91. The topological polar surface area (TPSA) is 55.1 Å². The maximum absolute atomic E-state index is 12.3. The molecule has 1 saturated carbocycles. The molecule has 2 rings (SSSR count). The summed E-state index contributed by atoms with van der Waals surface area (Å²) in [5, 5.41) is 3.85. The Morgan fingerprint density at radius 1 is 1.42 bits per heavy atom. The Bertz CT molecular complexity index is 410. The number of nitrogens with two attached hydrogens (primary N) is 1. The van der Waals surface area contributed by atoms with Gasteiger partial charge in [0.1, 0.15) is 0 Å². The lowest BCUT2D eigenvalue weighted by atomic mass is 9.98. The van der Waals surface area contributed by atoms with Crippen LogP contribution in [0.2, 0.25) is 0 Å². The van der Waals surface area contributed by atoms with Gasteiger partial charge in [0.2, 0.25) is 5.91 Å². The zero-order valence-electron chi connectivity index (χ0n) is 11.3. The Kier molecular flexibility index (Phi) is 5.28. The molecule has 0 bridgehead atoms. The number of hydrogen-bond acceptors (Lipinski definition) is 3. The monoisotopic (exact) mass is 278 g/mol. The van der Waals surface area contributed by atoms with Crippen molar-refractivity contribution in [2.75, 3.05) is 12.8 Å². The molecule has 3 N–H and O–H groups in total. The minimum absolute atomic E-state index is 0.0699. The molecule has 4 heteroatoms. The fourth-order valence-electron chi connectivity index (χ4n) is 2.67. The summed E-state index contributed by atoms with van der Waals surface area (Å²) in [7, 11) is 0. The highest BCUT2D eigenvalue weighted by Gasteiger charge is 2.27. The number of hydrogen-bond donors (Lipinski definition) is 2. The van der Waals surface area contributed by atoms with Gasteiger partial charge in [-0.3, -0.25) is 4.79 Å². The van der Waals surface area contributed by atoms with Crippen LogP contribution < -0.4 is 11.1 Å². The Morgan fingerprint density at radius 3 is 2.74 bits per heavy atom. The predicted octanol–water partition coefficient (Wildman–Crippen LogP) is 2.13. The van der Waals surface area contributed by atoms with Gasteiger partial charge in [-0.05, 0) is 31.1 Å². The maximum atomic E-state index is 12.3. The third-order valence-electron chi connectivity index (χ3n) is 3.82. The van der Waals surface area contributed by atoms with Crippen LogP contribution in [-0.2, 0) is 4.79 Å². The fraction of sp³-hybridized carbons (Fsp3) is 0.533. The molecule has 1 aliphatic carbocycles. The molecule has 1 aliphatic rings. The minimum Gasteiger partial charge on any atom is -0.353 e. The molecule has 19 heavy (non-hydrogen) atoms. The standard InChI is InChI=1S/C15H22N2OS/c1-19-13-8-7-12(9-13)17-15(18)14(10-16)11-5-3-2-4-6-11/h2-6,12-14H,7-10,16H2,1H3,(H,17,18). The lowest BCUT2D eigenvalue weighted by Gasteiger charge is -2.19. The van der Waals surface area contributed by atoms with Crippen molar-refractivity contribution >= 4 is 17.7 Å². The van der Waals surface area contributed by atoms with Crippen LogP contribution in [0.25, 0.3) is 0 Å². The first kappa shape index (κ1) is 14.4. The van der Waals surface area contributed by atoms with Crippen LogP contribution >= 0.6 is 11.8 Å². The second-order valence-electron chi connectivity index (χ2n) is 5.08. The van der Waals surface area contributed by atoms with Crippen molar-refractivity contribution < 1.29 is 4.79 Å². The summed E-state index contributed by atoms with van der Waals surface area (Å²) >= 11 is 1.90. The molecule has 1 fully saturated rings. The van der Waals surface area contributed by atoms with E-state index in [1.807, 2.05) is 42.1 Å². The molecule has 3 unspecified atom stereocenters. The summed E-state index contributed by atoms with van der Waals surface area (Å²) in [6, 6.07) is 10.1. The van der Waals surface area contributed by atoms with Gasteiger partial charge in [0.25, 0.3) is 0 Å². The van der Waals surface area contributed by atoms with E-state index < -0.39 is 0 Å². The average Bonchev–Trinajstić information content (AvgIpc) is 2.88. The summed E-state index contributed by atoms with van der Waals surface area (Å²) in [6.07, 6.45) is 5.51. The number of rotatable bonds is 5. The van der Waals surface area contributed by atoms with Crippen molar-refractivity contribution in [2.24, 2.45) is 5.73 Å². The summed E-state index contributed by atoms with van der Waals surface area (Å²) in [4.78, 5) is 12.3. The van der Waals surface area contributed by atoms with Gasteiger partial charge in [-0.2, -0.15) is 11.8 Å². The van der Waals surface area contributed by atoms with E-state index in [9.17, 15) is 4.79 Å². The molecule has 3 atom stereocenters. The van der Waals surface area contributed by atoms with E-state index in [-0.39, 0.29) is 11.8 Å². The van der Waals surface area contributed by atoms with E-state index in [0.29, 0.717) is 17.8 Å². The number of thioether (sulfide) groups is 1. The summed E-state index contributed by atoms with van der Waals surface area (Å²) < 4.78 is 0. The molecule has 0 saturated heterocycles. The van der Waals surface area contributed by atoms with E-state index >= 15 is 0 Å². The Balaban J connectivity index is 1.95. The van der Waals surface area contributed by atoms with Gasteiger partial charge < -0.3 is 11.1 Å². The van der Waals surface area contributed by atoms with E-state index in [1.54, 1.807) is 0 Å². The van der Waals surface area contributed by atoms with Crippen molar-refractivity contribution in [1.82, 2.24) is 5.32 Å². The molecule has 1 aromatic carbocycles. The molecule has 3 nitrogen and oxygen atoms in total. The quantitative estimate of drug-likeness (QED) is 0.867. The average molecular weight is 278 g/mol. The highest BCUT2D eigenvalue weighted by molar-refractivity contribution is 7.99. The van der Waals surface area contributed by atoms with Crippen LogP contribution in [0.4, 0.5) is 0 Å². The second-order valence-corrected chi connectivity index (χ2v) is 6.21. The number of amides is 1. The van der Waals surface area contributed by atoms with Crippen LogP contribution in [-0.4, -0.2) is 30.0 Å². The van der Waals surface area contributed by atoms with Crippen LogP contribution in [0.3, 0.4) is 0 Å². The predicted molar refractivity (Wildman–Crippen MR) is 81.3 cm³/mol. The largest absolute Gasteiger partial charge is 0.353 e. The molecule has 0 spiro atoms. The van der Waals surface area contributed by atoms with Crippen LogP contribution in [0.5, 0.6) is 0 Å². The van der Waals surface area contributed by atoms with Gasteiger partial charge in [-0.1, -0.05) is 30.3 Å². The van der Waals surface area contributed by atoms with Gasteiger partial charge in [-0.25, -0.2) is 0 Å². The number of carbonyl (C=O) groups is 1. The molecule has 104 valence electrons. The Labute approximate surface area is 119 Å². The zero-order valence-corrected chi connectivity index (χ0v) is 12.2. The molecular formula is C15H22N2OS. The molecule has 1 aromatic rings. The Hall–Kier alpha value is -1.00. The van der Waals surface area contributed by atoms with Crippen LogP contribution in [0.15, 0.2) is 30.3 Å². The summed E-state index contributed by atoms with van der Waals surface area (Å²) in [6.45, 7) is 0.356. The highest BCUT2D eigenvalue weighted by Crippen LogP contribution is 2.28. The van der Waals surface area contributed by atoms with Crippen molar-refractivity contribution in [2.45, 2.75) is 36.5 Å². The van der Waals surface area contributed by atoms with E-state index in [0.717, 1.165) is 18.4 Å². The van der Waals surface area contributed by atoms with Gasteiger partial charge in [0, 0.05) is 17.8 Å². The highest BCUT2D eigenvalue weighted by atomic mass is 32.2. The third kappa shape index (κ3) is 3.74. The van der Waals surface area contributed by atoms with Crippen LogP contribution in [0.1, 0.15) is 30.7 Å². The van der Waals surface area contributed by atoms with Gasteiger partial charge >= 0.3 is 0 Å². The Morgan fingerprint density at radius 2 is 2.16 bits per heavy atom. The van der Waals surface area contributed by atoms with E-state index in [4.69, 9.17) is 5.73 Å². The number of nitrogens with one attached hydrogen (secondary N) is 1. The van der Waals surface area contributed by atoms with Crippen molar-refractivity contribution in [3.63, 3.8) is 0 Å². The lowest BCUT2D eigenvalue weighted by Crippen LogP contribution is -2.39. The van der Waals surface area contributed by atoms with Gasteiger partial charge in [0.05, 0.1) is 5.92 Å². The second kappa shape index (κ2) is 6.96. The van der Waals surface area contributed by atoms with Crippen molar-refractivity contribution in [3.05, 3.63) is 35.9 Å². The first-order chi connectivity index (χ1) is 9.24. The number of benzene rings is 1. The van der Waals surface area contributed by atoms with E-state index in [2.05, 4.69) is 11.6 Å². The molecule has 1 amide bonds. The fourth-order valence-corrected chi connectivity index (χ4v) is 3.46. The first-order valence-electron chi connectivity index (χ1n) is 6.82. The smallest absolute Gasteiger partial charge is 0.229 e. The summed E-state index contributed by atoms with van der Waals surface area (Å²) in [5.41, 5.74) is 6.77. The first-order valence-corrected chi connectivity index (χ1v) is 8.11. The molecule has 0 aromatic heterocycles. The van der Waals surface area contributed by atoms with Gasteiger partial charge in [-0.15, -0.1) is 0 Å². The minimum atomic E-state index is -0.227. The zero-order chi connectivity index (χ0) is 13.7. The van der Waals surface area contributed by atoms with Crippen molar-refractivity contribution in [3.8, 4) is 0 Å². The SMILES string of the molecule is CSC1CCC(NC(=O)C(CN)c2ccccc2)C1. The molecule has 0 aliphatic heterocycles. The number of carbonyl (C=O) groups excluding carboxylic acids is 1. The normalized spacial score (nSPS) is 24.1. The van der Waals surface area contributed by atoms with Gasteiger partial charge in [0.15, 0.2) is 0 Å².